The van der Waals surface area contributed by atoms with E-state index in [1.165, 1.54) is 7.05 Å². The molecule has 0 rings (SSSR count). The van der Waals surface area contributed by atoms with Crippen LogP contribution in [0.2, 0.25) is 0 Å². The van der Waals surface area contributed by atoms with E-state index in [1.807, 2.05) is 0 Å². The van der Waals surface area contributed by atoms with Gasteiger partial charge in [-0.15, -0.1) is 0 Å². The number of nitrogens with one attached hydrogen (secondary N) is 1. The molecule has 0 amide bonds. The Morgan fingerprint density at radius 2 is 1.25 bits per heavy atom. The van der Waals surface area contributed by atoms with Gasteiger partial charge in [0.25, 0.3) is 15.6 Å². The third kappa shape index (κ3) is 25.3. The van der Waals surface area contributed by atoms with Crippen molar-refractivity contribution in [3.8, 4) is 0 Å². The predicted molar refractivity (Wildman–Crippen MR) is 74.7 cm³/mol. The van der Waals surface area contributed by atoms with Crippen molar-refractivity contribution in [2.75, 3.05) is 13.6 Å². The molecule has 0 fully saturated rings. The first-order chi connectivity index (χ1) is 11.2. The Morgan fingerprint density at radius 1 is 0.964 bits per heavy atom. The molecule has 0 aliphatic carbocycles. The summed E-state index contributed by atoms with van der Waals surface area (Å²) in [5.74, 6) is -1.23. The van der Waals surface area contributed by atoms with Crippen LogP contribution in [-0.2, 0) is 36.0 Å². The van der Waals surface area contributed by atoms with Gasteiger partial charge in [0.15, 0.2) is 5.96 Å². The molecule has 4 unspecified atom stereocenters. The Hall–Kier alpha value is 1.30. The van der Waals surface area contributed by atoms with Gasteiger partial charge >= 0.3 is 80.7 Å². The van der Waals surface area contributed by atoms with Crippen molar-refractivity contribution >= 4 is 43.2 Å². The van der Waals surface area contributed by atoms with Crippen molar-refractivity contribution in [2.24, 2.45) is 5.73 Å². The summed E-state index contributed by atoms with van der Waals surface area (Å²) in [6.45, 7) is -0.227. The summed E-state index contributed by atoms with van der Waals surface area (Å²) in [5, 5.41) is 14.9. The van der Waals surface area contributed by atoms with Crippen molar-refractivity contribution in [1.29, 1.82) is 5.41 Å². The standard InChI is InChI=1S/C4H9N3O2.2Na.H6O13P4/c1-7(4(5)6)2-3(8)9;;;1-14(2,3)11-16(7,8)13-17(9,10)12-15(4,5)6/h2H2,1H3,(H3,5,6)(H,8,9);;;(H,7,8)(H,9,10)(H2,1,2,3)(H2,4,5,6)/q;2*+1;/p-2. The van der Waals surface area contributed by atoms with Gasteiger partial charge in [-0.05, 0) is 0 Å². The number of aliphatic carboxylic acids is 1. The predicted octanol–water partition coefficient (Wildman–Crippen LogP) is -8.94. The number of nitrogens with zero attached hydrogens (tertiary/aromatic N) is 1. The molecule has 0 aliphatic heterocycles. The van der Waals surface area contributed by atoms with E-state index in [2.05, 4.69) is 12.9 Å². The second-order valence-corrected chi connectivity index (χ2v) is 9.46. The van der Waals surface area contributed by atoms with Gasteiger partial charge in [-0.25, -0.2) is 17.8 Å². The molecule has 8 N–H and O–H groups in total. The number of rotatable bonds is 8. The molecule has 0 aromatic rings. The maximum Gasteiger partial charge on any atom is 1.00 e. The Labute approximate surface area is 201 Å². The van der Waals surface area contributed by atoms with E-state index < -0.39 is 37.3 Å². The fraction of sp³-hybridized carbons (Fsp3) is 0.500. The Kier molecular flexibility index (Phi) is 18.8. The minimum atomic E-state index is -5.86. The van der Waals surface area contributed by atoms with Gasteiger partial charge in [0.05, 0.1) is 0 Å². The SMILES string of the molecule is CN(CC(=O)O)C(=N)N.O=P([O-])(O)OP(=O)(O)OP(=O)(O)OP(=O)([O-])O.[Na+].[Na+]. The molecular weight excluding hydrogens is 500 g/mol. The molecule has 0 saturated carbocycles. The first-order valence-electron chi connectivity index (χ1n) is 5.30. The first kappa shape index (κ1) is 36.7. The molecule has 24 heteroatoms. The summed E-state index contributed by atoms with van der Waals surface area (Å²) in [5.41, 5.74) is 4.93. The summed E-state index contributed by atoms with van der Waals surface area (Å²) >= 11 is 0. The number of nitrogens with two attached hydrogens (primary N) is 1. The van der Waals surface area contributed by atoms with Crippen molar-refractivity contribution < 1.29 is 130 Å². The number of hydrogen-bond acceptors (Lipinski definition) is 11. The van der Waals surface area contributed by atoms with Gasteiger partial charge in [0.2, 0.25) is 0 Å². The average molecular weight is 513 g/mol. The molecule has 4 atom stereocenters. The van der Waals surface area contributed by atoms with Crippen molar-refractivity contribution in [3.63, 3.8) is 0 Å². The number of carbonyl (C=O) groups is 1. The second kappa shape index (κ2) is 14.4. The van der Waals surface area contributed by atoms with E-state index in [0.29, 0.717) is 0 Å². The molecule has 0 bridgehead atoms. The van der Waals surface area contributed by atoms with Crippen molar-refractivity contribution in [3.05, 3.63) is 0 Å². The molecule has 28 heavy (non-hydrogen) atoms. The Balaban J connectivity index is -0.000000225. The smallest absolute Gasteiger partial charge is 0.756 e. The van der Waals surface area contributed by atoms with Crippen LogP contribution in [0.5, 0.6) is 0 Å². The van der Waals surface area contributed by atoms with Crippen LogP contribution in [0.3, 0.4) is 0 Å². The van der Waals surface area contributed by atoms with Crippen LogP contribution in [0, 0.1) is 5.41 Å². The van der Waals surface area contributed by atoms with Crippen LogP contribution in [0.15, 0.2) is 0 Å². The largest absolute Gasteiger partial charge is 1.00 e. The molecule has 0 radical (unpaired) electrons. The van der Waals surface area contributed by atoms with Crippen molar-refractivity contribution in [1.82, 2.24) is 4.90 Å². The molecule has 0 aromatic carbocycles. The van der Waals surface area contributed by atoms with E-state index in [1.54, 1.807) is 0 Å². The van der Waals surface area contributed by atoms with Gasteiger partial charge in [0.1, 0.15) is 6.54 Å². The van der Waals surface area contributed by atoms with Gasteiger partial charge < -0.3 is 45.1 Å². The summed E-state index contributed by atoms with van der Waals surface area (Å²) in [6, 6.07) is 0. The Morgan fingerprint density at radius 3 is 1.39 bits per heavy atom. The minimum Gasteiger partial charge on any atom is -0.756 e. The normalized spacial score (nSPS) is 18.7. The van der Waals surface area contributed by atoms with Gasteiger partial charge in [-0.1, -0.05) is 0 Å². The summed E-state index contributed by atoms with van der Waals surface area (Å²) in [6.07, 6.45) is 0. The van der Waals surface area contributed by atoms with E-state index in [-0.39, 0.29) is 71.6 Å². The second-order valence-electron chi connectivity index (χ2n) is 3.75. The number of carboxylic acid groups (broad SMARTS) is 1. The van der Waals surface area contributed by atoms with E-state index in [0.717, 1.165) is 4.90 Å². The first-order valence-corrected chi connectivity index (χ1v) is 11.3. The maximum atomic E-state index is 10.6. The van der Waals surface area contributed by atoms with Crippen LogP contribution in [0.1, 0.15) is 0 Å². The molecule has 0 aromatic heterocycles. The fourth-order valence-corrected chi connectivity index (χ4v) is 4.61. The monoisotopic (exact) mass is 513 g/mol. The van der Waals surface area contributed by atoms with Crippen molar-refractivity contribution in [2.45, 2.75) is 0 Å². The number of likely N-dealkylation sites (N-methyl/N-ethyl adjacent to an activating group) is 1. The molecule has 0 aliphatic rings. The molecule has 18 nitrogen and oxygen atoms in total. The topological polar surface area (TPSA) is 313 Å². The van der Waals surface area contributed by atoms with Gasteiger partial charge in [-0.2, -0.15) is 4.31 Å². The van der Waals surface area contributed by atoms with Gasteiger partial charge in [-0.3, -0.25) is 19.3 Å². The van der Waals surface area contributed by atoms with Crippen LogP contribution < -0.4 is 74.6 Å². The third-order valence-corrected chi connectivity index (χ3v) is 6.36. The summed E-state index contributed by atoms with van der Waals surface area (Å²) < 4.78 is 50.2. The summed E-state index contributed by atoms with van der Waals surface area (Å²) in [7, 11) is -21.9. The van der Waals surface area contributed by atoms with Crippen LogP contribution in [0.25, 0.3) is 0 Å². The van der Waals surface area contributed by atoms with Crippen LogP contribution in [-0.4, -0.2) is 55.1 Å². The van der Waals surface area contributed by atoms with E-state index in [9.17, 15) is 32.8 Å². The summed E-state index contributed by atoms with van der Waals surface area (Å²) in [4.78, 5) is 63.9. The molecule has 0 saturated heterocycles. The molecular formula is C4H13N3Na2O15P4. The maximum absolute atomic E-state index is 10.6. The van der Waals surface area contributed by atoms with E-state index in [4.69, 9.17) is 35.8 Å². The quantitative estimate of drug-likeness (QED) is 0.0685. The molecule has 0 heterocycles. The average Bonchev–Trinajstić information content (AvgIpc) is 2.18. The zero-order chi connectivity index (χ0) is 21.6. The number of guanidine groups is 1. The molecule has 0 spiro atoms. The molecule has 156 valence electrons. The number of phosphoric acid groups is 4. The zero-order valence-electron chi connectivity index (χ0n) is 14.3. The zero-order valence-corrected chi connectivity index (χ0v) is 21.9. The number of hydrogen-bond donors (Lipinski definition) is 7. The Bertz CT molecular complexity index is 661. The number of carboxylic acids is 1. The van der Waals surface area contributed by atoms with Gasteiger partial charge in [0, 0.05) is 7.05 Å². The van der Waals surface area contributed by atoms with Crippen LogP contribution >= 0.6 is 31.3 Å². The van der Waals surface area contributed by atoms with E-state index >= 15 is 0 Å². The minimum absolute atomic E-state index is 0. The third-order valence-electron chi connectivity index (χ3n) is 1.40. The van der Waals surface area contributed by atoms with Crippen LogP contribution in [0.4, 0.5) is 0 Å². The fourth-order valence-electron chi connectivity index (χ4n) is 0.709.